The van der Waals surface area contributed by atoms with Crippen molar-refractivity contribution in [2.45, 2.75) is 32.1 Å². The molecule has 1 amide bonds. The zero-order valence-corrected chi connectivity index (χ0v) is 12.4. The average Bonchev–Trinajstić information content (AvgIpc) is 3.00. The molecule has 1 unspecified atom stereocenters. The Labute approximate surface area is 120 Å². The Morgan fingerprint density at radius 1 is 1.45 bits per heavy atom. The monoisotopic (exact) mass is 280 g/mol. The van der Waals surface area contributed by atoms with E-state index >= 15 is 0 Å². The van der Waals surface area contributed by atoms with Crippen molar-refractivity contribution in [3.63, 3.8) is 0 Å². The van der Waals surface area contributed by atoms with E-state index in [4.69, 9.17) is 4.74 Å². The number of hydrogen-bond acceptors (Lipinski definition) is 4. The van der Waals surface area contributed by atoms with Crippen LogP contribution in [0, 0.1) is 5.92 Å². The van der Waals surface area contributed by atoms with Gasteiger partial charge in [-0.25, -0.2) is 0 Å². The minimum atomic E-state index is -0.158. The van der Waals surface area contributed by atoms with Crippen LogP contribution in [0.2, 0.25) is 0 Å². The van der Waals surface area contributed by atoms with Gasteiger partial charge >= 0.3 is 5.97 Å². The van der Waals surface area contributed by atoms with Gasteiger partial charge in [0.1, 0.15) is 0 Å². The number of ether oxygens (including phenoxy) is 1. The van der Waals surface area contributed by atoms with Gasteiger partial charge in [0.15, 0.2) is 0 Å². The summed E-state index contributed by atoms with van der Waals surface area (Å²) in [6.45, 7) is 1.90. The molecule has 0 bridgehead atoms. The molecular formula is C15H24N2O3. The Balaban J connectivity index is 1.85. The molecule has 1 aliphatic heterocycles. The Hall–Kier alpha value is -1.36. The zero-order chi connectivity index (χ0) is 14.5. The smallest absolute Gasteiger partial charge is 0.309 e. The van der Waals surface area contributed by atoms with E-state index in [-0.39, 0.29) is 17.8 Å². The van der Waals surface area contributed by atoms with Crippen LogP contribution in [0.5, 0.6) is 0 Å². The van der Waals surface area contributed by atoms with Crippen molar-refractivity contribution in [1.82, 2.24) is 9.80 Å². The fourth-order valence-electron chi connectivity index (χ4n) is 2.97. The molecule has 1 heterocycles. The fourth-order valence-corrected chi connectivity index (χ4v) is 2.97. The minimum Gasteiger partial charge on any atom is -0.469 e. The van der Waals surface area contributed by atoms with Crippen LogP contribution < -0.4 is 0 Å². The van der Waals surface area contributed by atoms with E-state index in [0.29, 0.717) is 13.1 Å². The minimum absolute atomic E-state index is 0.0856. The Bertz CT molecular complexity index is 406. The summed E-state index contributed by atoms with van der Waals surface area (Å²) >= 11 is 0. The Morgan fingerprint density at radius 3 is 2.90 bits per heavy atom. The highest BCUT2D eigenvalue weighted by molar-refractivity contribution is 5.80. The largest absolute Gasteiger partial charge is 0.469 e. The number of nitrogens with zero attached hydrogens (tertiary/aromatic N) is 2. The molecule has 1 fully saturated rings. The number of rotatable bonds is 4. The van der Waals surface area contributed by atoms with Gasteiger partial charge in [0.2, 0.25) is 5.91 Å². The summed E-state index contributed by atoms with van der Waals surface area (Å²) in [5, 5.41) is 0. The molecule has 20 heavy (non-hydrogen) atoms. The molecule has 0 aromatic carbocycles. The fraction of sp³-hybridized carbons (Fsp3) is 0.733. The first-order valence-electron chi connectivity index (χ1n) is 7.37. The average molecular weight is 280 g/mol. The molecule has 0 aromatic heterocycles. The summed E-state index contributed by atoms with van der Waals surface area (Å²) in [7, 11) is 3.27. The molecule has 0 aromatic rings. The summed E-state index contributed by atoms with van der Waals surface area (Å²) < 4.78 is 4.80. The van der Waals surface area contributed by atoms with E-state index in [0.717, 1.165) is 44.3 Å². The van der Waals surface area contributed by atoms with Crippen molar-refractivity contribution in [2.75, 3.05) is 33.8 Å². The summed E-state index contributed by atoms with van der Waals surface area (Å²) in [6, 6.07) is 0. The van der Waals surface area contributed by atoms with Gasteiger partial charge in [-0.1, -0.05) is 6.08 Å². The Kier molecular flexibility index (Phi) is 5.17. The van der Waals surface area contributed by atoms with E-state index in [1.54, 1.807) is 4.90 Å². The first-order chi connectivity index (χ1) is 9.61. The number of esters is 1. The molecule has 1 saturated heterocycles. The van der Waals surface area contributed by atoms with Crippen molar-refractivity contribution in [2.24, 2.45) is 5.92 Å². The van der Waals surface area contributed by atoms with Gasteiger partial charge < -0.3 is 9.64 Å². The number of carbonyl (C=O) groups is 2. The van der Waals surface area contributed by atoms with Crippen LogP contribution in [0.25, 0.3) is 0 Å². The summed E-state index contributed by atoms with van der Waals surface area (Å²) in [4.78, 5) is 27.7. The highest BCUT2D eigenvalue weighted by Crippen LogP contribution is 2.21. The number of likely N-dealkylation sites (tertiary alicyclic amines) is 1. The van der Waals surface area contributed by atoms with Crippen LogP contribution in [0.4, 0.5) is 0 Å². The normalized spacial score (nSPS) is 23.3. The van der Waals surface area contributed by atoms with Crippen molar-refractivity contribution < 1.29 is 14.3 Å². The molecule has 0 radical (unpaired) electrons. The molecular weight excluding hydrogens is 256 g/mol. The predicted molar refractivity (Wildman–Crippen MR) is 75.9 cm³/mol. The third-order valence-corrected chi connectivity index (χ3v) is 4.22. The van der Waals surface area contributed by atoms with Crippen molar-refractivity contribution in [3.05, 3.63) is 11.8 Å². The van der Waals surface area contributed by atoms with Gasteiger partial charge in [0.05, 0.1) is 19.6 Å². The standard InChI is InChI=1S/C15H24N2O3/c1-16(13-7-3-4-8-13)14(18)11-17-9-5-6-12(10-17)15(19)20-2/h7,12H,3-6,8-11H2,1-2H3. The quantitative estimate of drug-likeness (QED) is 0.730. The molecule has 5 heteroatoms. The molecule has 0 saturated carbocycles. The molecule has 0 N–H and O–H groups in total. The van der Waals surface area contributed by atoms with Gasteiger partial charge in [-0.3, -0.25) is 14.5 Å². The number of carbonyl (C=O) groups excluding carboxylic acids is 2. The van der Waals surface area contributed by atoms with E-state index in [2.05, 4.69) is 11.0 Å². The second-order valence-electron chi connectivity index (χ2n) is 5.64. The van der Waals surface area contributed by atoms with Crippen molar-refractivity contribution >= 4 is 11.9 Å². The lowest BCUT2D eigenvalue weighted by molar-refractivity contribution is -0.148. The maximum absolute atomic E-state index is 12.3. The first-order valence-corrected chi connectivity index (χ1v) is 7.37. The van der Waals surface area contributed by atoms with E-state index < -0.39 is 0 Å². The first kappa shape index (κ1) is 15.0. The predicted octanol–water partition coefficient (Wildman–Crippen LogP) is 1.40. The summed E-state index contributed by atoms with van der Waals surface area (Å²) in [5.74, 6) is -0.129. The van der Waals surface area contributed by atoms with Crippen LogP contribution in [0.15, 0.2) is 11.8 Å². The van der Waals surface area contributed by atoms with E-state index in [1.165, 1.54) is 7.11 Å². The number of likely N-dealkylation sites (N-methyl/N-ethyl adjacent to an activating group) is 1. The van der Waals surface area contributed by atoms with Crippen LogP contribution in [0.3, 0.4) is 0 Å². The third kappa shape index (κ3) is 3.60. The SMILES string of the molecule is COC(=O)C1CCCN(CC(=O)N(C)C2=CCCC2)C1. The summed E-state index contributed by atoms with van der Waals surface area (Å²) in [6.07, 6.45) is 7.15. The number of methoxy groups -OCH3 is 1. The Morgan fingerprint density at radius 2 is 2.25 bits per heavy atom. The van der Waals surface area contributed by atoms with Gasteiger partial charge in [0, 0.05) is 19.3 Å². The van der Waals surface area contributed by atoms with E-state index in [9.17, 15) is 9.59 Å². The lowest BCUT2D eigenvalue weighted by Crippen LogP contribution is -2.44. The molecule has 2 aliphatic rings. The topological polar surface area (TPSA) is 49.9 Å². The number of piperidine rings is 1. The number of hydrogen-bond donors (Lipinski definition) is 0. The summed E-state index contributed by atoms with van der Waals surface area (Å²) in [5.41, 5.74) is 1.14. The second kappa shape index (κ2) is 6.88. The molecule has 2 rings (SSSR count). The van der Waals surface area contributed by atoms with Crippen LogP contribution in [-0.2, 0) is 14.3 Å². The maximum Gasteiger partial charge on any atom is 0.309 e. The van der Waals surface area contributed by atoms with E-state index in [1.807, 2.05) is 7.05 Å². The van der Waals surface area contributed by atoms with Gasteiger partial charge in [-0.2, -0.15) is 0 Å². The van der Waals surface area contributed by atoms with Crippen molar-refractivity contribution in [3.8, 4) is 0 Å². The van der Waals surface area contributed by atoms with Gasteiger partial charge in [0.25, 0.3) is 0 Å². The number of amides is 1. The van der Waals surface area contributed by atoms with Crippen LogP contribution >= 0.6 is 0 Å². The molecule has 5 nitrogen and oxygen atoms in total. The maximum atomic E-state index is 12.3. The third-order valence-electron chi connectivity index (χ3n) is 4.22. The molecule has 1 atom stereocenters. The molecule has 0 spiro atoms. The van der Waals surface area contributed by atoms with Crippen molar-refractivity contribution in [1.29, 1.82) is 0 Å². The molecule has 112 valence electrons. The lowest BCUT2D eigenvalue weighted by Gasteiger charge is -2.32. The highest BCUT2D eigenvalue weighted by atomic mass is 16.5. The molecule has 1 aliphatic carbocycles. The highest BCUT2D eigenvalue weighted by Gasteiger charge is 2.28. The lowest BCUT2D eigenvalue weighted by atomic mass is 9.98. The number of allylic oxidation sites excluding steroid dienone is 2. The van der Waals surface area contributed by atoms with Gasteiger partial charge in [-0.05, 0) is 38.6 Å². The second-order valence-corrected chi connectivity index (χ2v) is 5.64. The van der Waals surface area contributed by atoms with Crippen LogP contribution in [0.1, 0.15) is 32.1 Å². The zero-order valence-electron chi connectivity index (χ0n) is 12.4. The van der Waals surface area contributed by atoms with Gasteiger partial charge in [-0.15, -0.1) is 0 Å². The van der Waals surface area contributed by atoms with Crippen LogP contribution in [-0.4, -0.2) is 55.5 Å².